The van der Waals surface area contributed by atoms with Crippen molar-refractivity contribution in [3.63, 3.8) is 0 Å². The smallest absolute Gasteiger partial charge is 0.273 e. The molecule has 0 radical (unpaired) electrons. The molecule has 1 aromatic heterocycles. The van der Waals surface area contributed by atoms with Crippen LogP contribution in [0.15, 0.2) is 64.2 Å². The number of carbonyl (C=O) groups is 1. The lowest BCUT2D eigenvalue weighted by Crippen LogP contribution is -2.39. The molecule has 3 aromatic rings. The molecule has 0 aliphatic rings. The summed E-state index contributed by atoms with van der Waals surface area (Å²) in [6, 6.07) is 16.5. The van der Waals surface area contributed by atoms with Gasteiger partial charge >= 0.3 is 0 Å². The van der Waals surface area contributed by atoms with Gasteiger partial charge in [0.25, 0.3) is 11.1 Å². The van der Waals surface area contributed by atoms with Gasteiger partial charge in [-0.1, -0.05) is 42.5 Å². The maximum Gasteiger partial charge on any atom is 0.273 e. The SMILES string of the molecule is CCN(CCCOCc1ccccc1)C(=O)Cn1[nH]c(=O)c2ccccc2c1=O. The van der Waals surface area contributed by atoms with E-state index < -0.39 is 0 Å². The highest BCUT2D eigenvalue weighted by atomic mass is 16.5. The van der Waals surface area contributed by atoms with Crippen molar-refractivity contribution < 1.29 is 9.53 Å². The molecule has 152 valence electrons. The van der Waals surface area contributed by atoms with E-state index in [0.717, 1.165) is 10.2 Å². The summed E-state index contributed by atoms with van der Waals surface area (Å²) in [4.78, 5) is 39.0. The molecule has 0 spiro atoms. The summed E-state index contributed by atoms with van der Waals surface area (Å²) in [5.74, 6) is -0.219. The number of carbonyl (C=O) groups excluding carboxylic acids is 1. The first-order valence-corrected chi connectivity index (χ1v) is 9.71. The van der Waals surface area contributed by atoms with E-state index in [1.54, 1.807) is 29.2 Å². The first-order chi connectivity index (χ1) is 14.1. The summed E-state index contributed by atoms with van der Waals surface area (Å²) < 4.78 is 6.74. The Morgan fingerprint density at radius 3 is 2.45 bits per heavy atom. The van der Waals surface area contributed by atoms with E-state index in [9.17, 15) is 14.4 Å². The fraction of sp³-hybridized carbons (Fsp3) is 0.318. The summed E-state index contributed by atoms with van der Waals surface area (Å²) in [6.07, 6.45) is 0.690. The van der Waals surface area contributed by atoms with E-state index in [-0.39, 0.29) is 23.6 Å². The third-order valence-corrected chi connectivity index (χ3v) is 4.74. The number of aromatic amines is 1. The summed E-state index contributed by atoms with van der Waals surface area (Å²) in [5.41, 5.74) is 0.344. The predicted molar refractivity (Wildman–Crippen MR) is 112 cm³/mol. The van der Waals surface area contributed by atoms with Crippen LogP contribution in [0.4, 0.5) is 0 Å². The van der Waals surface area contributed by atoms with Gasteiger partial charge in [-0.2, -0.15) is 0 Å². The van der Waals surface area contributed by atoms with Gasteiger partial charge in [0.2, 0.25) is 5.91 Å². The molecule has 1 amide bonds. The van der Waals surface area contributed by atoms with Gasteiger partial charge in [0, 0.05) is 19.7 Å². The molecule has 0 saturated heterocycles. The van der Waals surface area contributed by atoms with Crippen molar-refractivity contribution >= 4 is 16.7 Å². The van der Waals surface area contributed by atoms with Crippen LogP contribution in [0.25, 0.3) is 10.8 Å². The van der Waals surface area contributed by atoms with E-state index in [2.05, 4.69) is 5.10 Å². The van der Waals surface area contributed by atoms with E-state index in [4.69, 9.17) is 4.74 Å². The van der Waals surface area contributed by atoms with Crippen LogP contribution < -0.4 is 11.1 Å². The summed E-state index contributed by atoms with van der Waals surface area (Å²) >= 11 is 0. The molecule has 0 bridgehead atoms. The Bertz CT molecular complexity index is 1070. The van der Waals surface area contributed by atoms with E-state index in [1.165, 1.54) is 0 Å². The highest BCUT2D eigenvalue weighted by molar-refractivity contribution is 5.81. The molecule has 0 atom stereocenters. The van der Waals surface area contributed by atoms with E-state index >= 15 is 0 Å². The third kappa shape index (κ3) is 5.20. The average Bonchev–Trinajstić information content (AvgIpc) is 2.75. The number of amides is 1. The van der Waals surface area contributed by atoms with Crippen molar-refractivity contribution in [3.8, 4) is 0 Å². The maximum atomic E-state index is 12.6. The number of benzene rings is 2. The molecule has 3 rings (SSSR count). The molecule has 0 aliphatic carbocycles. The first-order valence-electron chi connectivity index (χ1n) is 9.71. The van der Waals surface area contributed by atoms with Crippen LogP contribution in [-0.2, 0) is 22.7 Å². The second-order valence-electron chi connectivity index (χ2n) is 6.74. The topological polar surface area (TPSA) is 84.4 Å². The fourth-order valence-electron chi connectivity index (χ4n) is 3.17. The Balaban J connectivity index is 1.56. The van der Waals surface area contributed by atoms with E-state index in [0.29, 0.717) is 43.5 Å². The van der Waals surface area contributed by atoms with Crippen molar-refractivity contribution in [2.45, 2.75) is 26.5 Å². The van der Waals surface area contributed by atoms with Gasteiger partial charge < -0.3 is 9.64 Å². The second-order valence-corrected chi connectivity index (χ2v) is 6.74. The largest absolute Gasteiger partial charge is 0.377 e. The second kappa shape index (κ2) is 9.84. The lowest BCUT2D eigenvalue weighted by atomic mass is 10.2. The van der Waals surface area contributed by atoms with Crippen molar-refractivity contribution in [3.05, 3.63) is 80.9 Å². The average molecular weight is 395 g/mol. The fourth-order valence-corrected chi connectivity index (χ4v) is 3.17. The van der Waals surface area contributed by atoms with Gasteiger partial charge in [0.05, 0.1) is 17.4 Å². The molecular formula is C22H25N3O4. The zero-order valence-electron chi connectivity index (χ0n) is 16.5. The zero-order valence-corrected chi connectivity index (χ0v) is 16.5. The number of hydrogen-bond acceptors (Lipinski definition) is 4. The Morgan fingerprint density at radius 1 is 1.03 bits per heavy atom. The normalized spacial score (nSPS) is 10.9. The third-order valence-electron chi connectivity index (χ3n) is 4.74. The lowest BCUT2D eigenvalue weighted by molar-refractivity contribution is -0.132. The van der Waals surface area contributed by atoms with Gasteiger partial charge in [-0.25, -0.2) is 4.68 Å². The molecule has 0 unspecified atom stereocenters. The Labute approximate surface area is 168 Å². The van der Waals surface area contributed by atoms with Crippen LogP contribution in [0.2, 0.25) is 0 Å². The van der Waals surface area contributed by atoms with Gasteiger partial charge in [0.15, 0.2) is 0 Å². The van der Waals surface area contributed by atoms with Gasteiger partial charge in [-0.3, -0.25) is 19.5 Å². The lowest BCUT2D eigenvalue weighted by Gasteiger charge is -2.21. The number of H-pyrrole nitrogens is 1. The highest BCUT2D eigenvalue weighted by Crippen LogP contribution is 2.04. The van der Waals surface area contributed by atoms with Gasteiger partial charge in [-0.15, -0.1) is 0 Å². The molecule has 1 N–H and O–H groups in total. The quantitative estimate of drug-likeness (QED) is 0.563. The molecule has 1 heterocycles. The zero-order chi connectivity index (χ0) is 20.6. The van der Waals surface area contributed by atoms with Gasteiger partial charge in [0.1, 0.15) is 6.54 Å². The summed E-state index contributed by atoms with van der Waals surface area (Å²) in [6.45, 7) is 3.80. The van der Waals surface area contributed by atoms with Crippen molar-refractivity contribution in [2.24, 2.45) is 0 Å². The number of rotatable bonds is 9. The first kappa shape index (κ1) is 20.5. The molecule has 2 aromatic carbocycles. The molecule has 0 fully saturated rings. The minimum Gasteiger partial charge on any atom is -0.377 e. The minimum absolute atomic E-state index is 0.197. The van der Waals surface area contributed by atoms with Crippen LogP contribution in [0, 0.1) is 0 Å². The van der Waals surface area contributed by atoms with Crippen molar-refractivity contribution in [1.82, 2.24) is 14.7 Å². The number of aromatic nitrogens is 2. The summed E-state index contributed by atoms with van der Waals surface area (Å²) in [5, 5.41) is 3.13. The minimum atomic E-state index is -0.384. The molecule has 29 heavy (non-hydrogen) atoms. The highest BCUT2D eigenvalue weighted by Gasteiger charge is 2.15. The van der Waals surface area contributed by atoms with Crippen LogP contribution in [0.1, 0.15) is 18.9 Å². The molecule has 7 nitrogen and oxygen atoms in total. The van der Waals surface area contributed by atoms with E-state index in [1.807, 2.05) is 37.3 Å². The summed E-state index contributed by atoms with van der Waals surface area (Å²) in [7, 11) is 0. The number of likely N-dealkylation sites (N-methyl/N-ethyl adjacent to an activating group) is 1. The Hall–Kier alpha value is -3.19. The van der Waals surface area contributed by atoms with Crippen molar-refractivity contribution in [2.75, 3.05) is 19.7 Å². The molecule has 0 saturated carbocycles. The van der Waals surface area contributed by atoms with Crippen LogP contribution >= 0.6 is 0 Å². The van der Waals surface area contributed by atoms with Crippen molar-refractivity contribution in [1.29, 1.82) is 0 Å². The monoisotopic (exact) mass is 395 g/mol. The number of nitrogens with zero attached hydrogens (tertiary/aromatic N) is 2. The standard InChI is InChI=1S/C22H25N3O4/c1-2-24(13-8-14-29-16-17-9-4-3-5-10-17)20(26)15-25-22(28)19-12-7-6-11-18(19)21(27)23-25/h3-7,9-12H,2,8,13-16H2,1H3,(H,23,27). The number of ether oxygens (including phenoxy) is 1. The van der Waals surface area contributed by atoms with Crippen LogP contribution in [0.3, 0.4) is 0 Å². The van der Waals surface area contributed by atoms with Crippen LogP contribution in [0.5, 0.6) is 0 Å². The number of nitrogens with one attached hydrogen (secondary N) is 1. The maximum absolute atomic E-state index is 12.6. The van der Waals surface area contributed by atoms with Gasteiger partial charge in [-0.05, 0) is 31.0 Å². The Kier molecular flexibility index (Phi) is 6.97. The Morgan fingerprint density at radius 2 is 1.72 bits per heavy atom. The van der Waals surface area contributed by atoms with Crippen LogP contribution in [-0.4, -0.2) is 40.3 Å². The predicted octanol–water partition coefficient (Wildman–Crippen LogP) is 2.15. The number of hydrogen-bond donors (Lipinski definition) is 1. The molecular weight excluding hydrogens is 370 g/mol. The number of fused-ring (bicyclic) bond motifs is 1. The molecule has 0 aliphatic heterocycles. The molecule has 7 heteroatoms.